The SMILES string of the molecule is Cc1cc(OC[P@]2OCCC(c3cccc(Cl)c3)O2)cc(C)c1Cc1ccc(OC(=O)CSSC(=O)OCC(C)C)c(C(C)C)c1. The van der Waals surface area contributed by atoms with Gasteiger partial charge in [-0.1, -0.05) is 74.4 Å². The fourth-order valence-corrected chi connectivity index (χ4v) is 7.72. The van der Waals surface area contributed by atoms with Gasteiger partial charge in [0.1, 0.15) is 17.3 Å². The summed E-state index contributed by atoms with van der Waals surface area (Å²) in [5.41, 5.74) is 6.63. The first-order valence-electron chi connectivity index (χ1n) is 15.3. The molecule has 0 bridgehead atoms. The zero-order chi connectivity index (χ0) is 33.2. The van der Waals surface area contributed by atoms with Crippen LogP contribution in [0.25, 0.3) is 0 Å². The lowest BCUT2D eigenvalue weighted by molar-refractivity contribution is -0.131. The van der Waals surface area contributed by atoms with Crippen molar-refractivity contribution >= 4 is 52.8 Å². The first-order chi connectivity index (χ1) is 22.0. The van der Waals surface area contributed by atoms with Gasteiger partial charge in [0.15, 0.2) is 6.35 Å². The van der Waals surface area contributed by atoms with Gasteiger partial charge in [-0.05, 0) is 95.8 Å². The van der Waals surface area contributed by atoms with Crippen LogP contribution in [0.2, 0.25) is 5.02 Å². The van der Waals surface area contributed by atoms with E-state index in [0.717, 1.165) is 68.0 Å². The van der Waals surface area contributed by atoms with Crippen molar-refractivity contribution in [2.45, 2.75) is 66.4 Å². The Morgan fingerprint density at radius 1 is 1.04 bits per heavy atom. The third-order valence-corrected chi connectivity index (χ3v) is 10.6. The van der Waals surface area contributed by atoms with E-state index in [1.807, 2.05) is 50.2 Å². The minimum absolute atomic E-state index is 0.0379. The van der Waals surface area contributed by atoms with E-state index in [1.54, 1.807) is 0 Å². The number of hydrogen-bond donors (Lipinski definition) is 0. The number of carbonyl (C=O) groups is 2. The van der Waals surface area contributed by atoms with E-state index in [1.165, 1.54) is 5.56 Å². The summed E-state index contributed by atoms with van der Waals surface area (Å²) in [7, 11) is 0.840. The quantitative estimate of drug-likeness (QED) is 0.0747. The van der Waals surface area contributed by atoms with Crippen LogP contribution in [0.3, 0.4) is 0 Å². The number of benzene rings is 3. The van der Waals surface area contributed by atoms with Crippen LogP contribution >= 0.6 is 41.6 Å². The smallest absolute Gasteiger partial charge is 0.378 e. The Labute approximate surface area is 286 Å². The third kappa shape index (κ3) is 11.2. The molecule has 46 heavy (non-hydrogen) atoms. The van der Waals surface area contributed by atoms with Crippen LogP contribution in [0.1, 0.15) is 79.5 Å². The molecule has 1 fully saturated rings. The highest BCUT2D eigenvalue weighted by Gasteiger charge is 2.26. The second kappa shape index (κ2) is 17.8. The van der Waals surface area contributed by atoms with Crippen LogP contribution < -0.4 is 9.47 Å². The minimum atomic E-state index is -1.19. The molecule has 3 aromatic carbocycles. The maximum atomic E-state index is 12.5. The molecule has 3 aromatic rings. The molecule has 1 aliphatic rings. The Balaban J connectivity index is 1.33. The summed E-state index contributed by atoms with van der Waals surface area (Å²) in [5.74, 6) is 1.37. The number of esters is 1. The first kappa shape index (κ1) is 36.6. The Morgan fingerprint density at radius 3 is 2.50 bits per heavy atom. The minimum Gasteiger partial charge on any atom is -0.484 e. The van der Waals surface area contributed by atoms with E-state index < -0.39 is 19.6 Å². The summed E-state index contributed by atoms with van der Waals surface area (Å²) in [6.07, 6.45) is 1.81. The average molecular weight is 705 g/mol. The van der Waals surface area contributed by atoms with Crippen molar-refractivity contribution in [1.29, 1.82) is 0 Å². The zero-order valence-electron chi connectivity index (χ0n) is 27.2. The van der Waals surface area contributed by atoms with Crippen molar-refractivity contribution in [2.75, 3.05) is 25.3 Å². The summed E-state index contributed by atoms with van der Waals surface area (Å²) in [6, 6.07) is 17.9. The lowest BCUT2D eigenvalue weighted by atomic mass is 9.93. The van der Waals surface area contributed by atoms with E-state index in [0.29, 0.717) is 30.3 Å². The molecule has 1 heterocycles. The molecular weight excluding hydrogens is 663 g/mol. The van der Waals surface area contributed by atoms with Crippen LogP contribution in [0, 0.1) is 19.8 Å². The van der Waals surface area contributed by atoms with Gasteiger partial charge in [-0.15, -0.1) is 0 Å². The van der Waals surface area contributed by atoms with Gasteiger partial charge < -0.3 is 23.3 Å². The number of hydrogen-bond acceptors (Lipinski definition) is 9. The van der Waals surface area contributed by atoms with Crippen molar-refractivity contribution in [3.05, 3.63) is 93.0 Å². The summed E-state index contributed by atoms with van der Waals surface area (Å²) < 4.78 is 29.1. The molecule has 1 saturated heterocycles. The van der Waals surface area contributed by atoms with Crippen molar-refractivity contribution in [1.82, 2.24) is 0 Å². The highest BCUT2D eigenvalue weighted by atomic mass is 35.5. The molecule has 0 amide bonds. The predicted octanol–water partition coefficient (Wildman–Crippen LogP) is 10.6. The number of rotatable bonds is 13. The highest BCUT2D eigenvalue weighted by molar-refractivity contribution is 8.82. The largest absolute Gasteiger partial charge is 0.484 e. The second-order valence-electron chi connectivity index (χ2n) is 11.9. The van der Waals surface area contributed by atoms with Crippen LogP contribution in [-0.4, -0.2) is 36.6 Å². The maximum absolute atomic E-state index is 12.5. The molecule has 7 nitrogen and oxygen atoms in total. The van der Waals surface area contributed by atoms with Crippen molar-refractivity contribution < 1.29 is 32.8 Å². The lowest BCUT2D eigenvalue weighted by Gasteiger charge is -2.29. The Kier molecular flexibility index (Phi) is 14.1. The van der Waals surface area contributed by atoms with Crippen molar-refractivity contribution in [2.24, 2.45) is 5.92 Å². The monoisotopic (exact) mass is 704 g/mol. The first-order valence-corrected chi connectivity index (χ1v) is 19.4. The molecule has 0 saturated carbocycles. The fourth-order valence-electron chi connectivity index (χ4n) is 4.92. The molecule has 0 spiro atoms. The van der Waals surface area contributed by atoms with E-state index >= 15 is 0 Å². The van der Waals surface area contributed by atoms with Gasteiger partial charge in [0, 0.05) is 22.2 Å². The summed E-state index contributed by atoms with van der Waals surface area (Å²) in [6.45, 7) is 13.3. The Hall–Kier alpha value is -2.26. The molecule has 11 heteroatoms. The van der Waals surface area contributed by atoms with Crippen LogP contribution in [-0.2, 0) is 25.0 Å². The molecule has 4 rings (SSSR count). The van der Waals surface area contributed by atoms with Gasteiger partial charge in [-0.25, -0.2) is 4.79 Å². The maximum Gasteiger partial charge on any atom is 0.378 e. The van der Waals surface area contributed by atoms with E-state index in [2.05, 4.69) is 45.9 Å². The highest BCUT2D eigenvalue weighted by Crippen LogP contribution is 2.49. The zero-order valence-corrected chi connectivity index (χ0v) is 30.5. The molecule has 1 aliphatic heterocycles. The Morgan fingerprint density at radius 2 is 1.80 bits per heavy atom. The van der Waals surface area contributed by atoms with Gasteiger partial charge in [-0.3, -0.25) is 4.79 Å². The van der Waals surface area contributed by atoms with Crippen molar-refractivity contribution in [3.63, 3.8) is 0 Å². The molecule has 248 valence electrons. The topological polar surface area (TPSA) is 80.3 Å². The van der Waals surface area contributed by atoms with E-state index in [4.69, 9.17) is 34.9 Å². The standard InChI is InChI=1S/C35H42ClO7PS2/c1-22(2)19-39-35(38)46-45-20-34(37)42-33-11-10-26(16-30(33)23(3)4)17-31-24(5)14-29(15-25(31)6)40-21-44-41-13-12-32(43-44)27-8-7-9-28(36)18-27/h7-11,14-16,18,22-23,32H,12-13,17,19-21H2,1-6H3/t32?,44-/m1/s1. The van der Waals surface area contributed by atoms with Gasteiger partial charge in [-0.2, -0.15) is 0 Å². The molecule has 0 aliphatic carbocycles. The Bertz CT molecular complexity index is 1480. The van der Waals surface area contributed by atoms with Gasteiger partial charge >= 0.3 is 11.3 Å². The van der Waals surface area contributed by atoms with Crippen LogP contribution in [0.15, 0.2) is 54.6 Å². The molecule has 2 atom stereocenters. The second-order valence-corrected chi connectivity index (χ2v) is 16.0. The number of ether oxygens (including phenoxy) is 3. The lowest BCUT2D eigenvalue weighted by Crippen LogP contribution is -2.14. The van der Waals surface area contributed by atoms with Gasteiger partial charge in [0.25, 0.3) is 0 Å². The molecular formula is C35H42ClO7PS2. The third-order valence-electron chi connectivity index (χ3n) is 7.23. The summed E-state index contributed by atoms with van der Waals surface area (Å²) in [4.78, 5) is 24.3. The van der Waals surface area contributed by atoms with Crippen LogP contribution in [0.4, 0.5) is 4.79 Å². The summed E-state index contributed by atoms with van der Waals surface area (Å²) in [5, 5.41) is 0.294. The van der Waals surface area contributed by atoms with Gasteiger partial charge in [0.05, 0.1) is 19.3 Å². The fraction of sp³-hybridized carbons (Fsp3) is 0.429. The average Bonchev–Trinajstić information content (AvgIpc) is 3.01. The van der Waals surface area contributed by atoms with E-state index in [9.17, 15) is 9.59 Å². The summed E-state index contributed by atoms with van der Waals surface area (Å²) >= 11 is 6.18. The number of carbonyl (C=O) groups excluding carboxylic acids is 2. The van der Waals surface area contributed by atoms with Crippen LogP contribution in [0.5, 0.6) is 11.5 Å². The predicted molar refractivity (Wildman–Crippen MR) is 189 cm³/mol. The molecule has 0 N–H and O–H groups in total. The van der Waals surface area contributed by atoms with E-state index in [-0.39, 0.29) is 23.7 Å². The molecule has 0 aromatic heterocycles. The number of aryl methyl sites for hydroxylation is 2. The normalized spacial score (nSPS) is 16.5. The van der Waals surface area contributed by atoms with Gasteiger partial charge in [0.2, 0.25) is 8.38 Å². The number of halogens is 1. The molecule has 0 radical (unpaired) electrons. The molecule has 1 unspecified atom stereocenters. The van der Waals surface area contributed by atoms with Crippen molar-refractivity contribution in [3.8, 4) is 11.5 Å².